The molecule has 0 radical (unpaired) electrons. The van der Waals surface area contributed by atoms with Crippen LogP contribution in [0.15, 0.2) is 0 Å². The van der Waals surface area contributed by atoms with Gasteiger partial charge in [-0.3, -0.25) is 0 Å². The van der Waals surface area contributed by atoms with Gasteiger partial charge in [0, 0.05) is 0 Å². The molecule has 0 aromatic carbocycles. The molecule has 0 nitrogen and oxygen atoms in total. The van der Waals surface area contributed by atoms with Gasteiger partial charge in [0.1, 0.15) is 0 Å². The lowest BCUT2D eigenvalue weighted by molar-refractivity contribution is -0.0638. The molecule has 0 saturated carbocycles. The molecule has 0 aliphatic carbocycles. The van der Waals surface area contributed by atoms with Crippen molar-refractivity contribution in [2.45, 2.75) is 75.8 Å². The Balaban J connectivity index is 3.21. The highest BCUT2D eigenvalue weighted by Crippen LogP contribution is 2.61. The van der Waals surface area contributed by atoms with Gasteiger partial charge in [0.2, 0.25) is 0 Å². The minimum absolute atomic E-state index is 0.373. The van der Waals surface area contributed by atoms with Crippen molar-refractivity contribution in [2.75, 3.05) is 0 Å². The van der Waals surface area contributed by atoms with Crippen LogP contribution < -0.4 is 0 Å². The van der Waals surface area contributed by atoms with E-state index in [1.54, 1.807) is 6.92 Å². The van der Waals surface area contributed by atoms with Crippen molar-refractivity contribution in [3.8, 4) is 0 Å². The van der Waals surface area contributed by atoms with E-state index in [0.29, 0.717) is 24.9 Å². The topological polar surface area (TPSA) is 0 Å². The molecule has 1 rings (SSSR count). The van der Waals surface area contributed by atoms with E-state index in [1.807, 2.05) is 13.8 Å². The number of hydrogen-bond acceptors (Lipinski definition) is 0. The molecule has 0 amide bonds. The highest BCUT2D eigenvalue weighted by atomic mass is 28.3. The molecule has 1 heterocycles. The molecule has 96 valence electrons. The van der Waals surface area contributed by atoms with E-state index in [4.69, 9.17) is 0 Å². The molecule has 16 heavy (non-hydrogen) atoms. The van der Waals surface area contributed by atoms with E-state index >= 15 is 0 Å². The highest BCUT2D eigenvalue weighted by molar-refractivity contribution is 6.84. The third kappa shape index (κ3) is 1.83. The average Bonchev–Trinajstić information content (AvgIpc) is 2.27. The number of hydrogen-bond donors (Lipinski definition) is 0. The molecule has 0 aromatic heterocycles. The summed E-state index contributed by atoms with van der Waals surface area (Å²) in [5.41, 5.74) is 0. The fraction of sp³-hybridized carbons (Fsp3) is 1.00. The normalized spacial score (nSPS) is 30.4. The second kappa shape index (κ2) is 4.71. The van der Waals surface area contributed by atoms with Crippen LogP contribution in [0.25, 0.3) is 0 Å². The molecular weight excluding hydrogens is 229 g/mol. The SMILES string of the molecule is CCC1(CC)CCCC[Si]1(CC)C(F)(F)F. The molecule has 0 spiro atoms. The molecule has 1 saturated heterocycles. The van der Waals surface area contributed by atoms with E-state index in [9.17, 15) is 13.2 Å². The van der Waals surface area contributed by atoms with Gasteiger partial charge in [0.05, 0.1) is 0 Å². The summed E-state index contributed by atoms with van der Waals surface area (Å²) >= 11 is 0. The Bertz CT molecular complexity index is 233. The Morgan fingerprint density at radius 3 is 1.94 bits per heavy atom. The van der Waals surface area contributed by atoms with Crippen LogP contribution in [0.5, 0.6) is 0 Å². The summed E-state index contributed by atoms with van der Waals surface area (Å²) in [6, 6.07) is 0.840. The van der Waals surface area contributed by atoms with Crippen molar-refractivity contribution in [1.82, 2.24) is 0 Å². The number of halogens is 3. The smallest absolute Gasteiger partial charge is 0.177 e. The van der Waals surface area contributed by atoms with Gasteiger partial charge in [-0.15, -0.1) is 0 Å². The Kier molecular flexibility index (Phi) is 4.14. The third-order valence-corrected chi connectivity index (χ3v) is 11.5. The molecule has 1 aliphatic heterocycles. The van der Waals surface area contributed by atoms with E-state index in [0.717, 1.165) is 19.3 Å². The summed E-state index contributed by atoms with van der Waals surface area (Å²) in [5.74, 6) is -3.91. The van der Waals surface area contributed by atoms with Gasteiger partial charge in [-0.2, -0.15) is 13.2 Å². The minimum atomic E-state index is -3.91. The fourth-order valence-electron chi connectivity index (χ4n) is 3.87. The molecule has 1 aliphatic rings. The van der Waals surface area contributed by atoms with Crippen LogP contribution in [0.3, 0.4) is 0 Å². The standard InChI is InChI=1S/C12H23F3Si/c1-4-11(5-2)9-7-8-10-16(11,6-3)12(13,14)15/h4-10H2,1-3H3. The minimum Gasteiger partial charge on any atom is -0.177 e. The van der Waals surface area contributed by atoms with Crippen LogP contribution in [-0.4, -0.2) is 13.9 Å². The molecule has 0 N–H and O–H groups in total. The summed E-state index contributed by atoms with van der Waals surface area (Å²) in [6.07, 6.45) is 4.01. The van der Waals surface area contributed by atoms with Crippen molar-refractivity contribution in [3.05, 3.63) is 0 Å². The average molecular weight is 252 g/mol. The largest absolute Gasteiger partial charge is 0.362 e. The summed E-state index contributed by atoms with van der Waals surface area (Å²) in [7, 11) is -3.14. The van der Waals surface area contributed by atoms with Crippen LogP contribution in [0, 0.1) is 0 Å². The maximum atomic E-state index is 13.5. The number of alkyl halides is 3. The van der Waals surface area contributed by atoms with E-state index in [1.165, 1.54) is 0 Å². The third-order valence-electron chi connectivity index (χ3n) is 5.02. The quantitative estimate of drug-likeness (QED) is 0.598. The van der Waals surface area contributed by atoms with Crippen molar-refractivity contribution in [3.63, 3.8) is 0 Å². The molecule has 1 unspecified atom stereocenters. The zero-order valence-electron chi connectivity index (χ0n) is 10.6. The molecule has 0 bridgehead atoms. The zero-order valence-corrected chi connectivity index (χ0v) is 11.6. The first kappa shape index (κ1) is 14.1. The van der Waals surface area contributed by atoms with Crippen molar-refractivity contribution >= 4 is 8.07 Å². The maximum absolute atomic E-state index is 13.5. The summed E-state index contributed by atoms with van der Waals surface area (Å²) in [4.78, 5) is 0. The van der Waals surface area contributed by atoms with Crippen LogP contribution in [0.2, 0.25) is 17.1 Å². The molecule has 4 heteroatoms. The number of rotatable bonds is 3. The molecule has 1 fully saturated rings. The van der Waals surface area contributed by atoms with Crippen molar-refractivity contribution < 1.29 is 13.2 Å². The zero-order chi connectivity index (χ0) is 12.4. The second-order valence-electron chi connectivity index (χ2n) is 5.13. The maximum Gasteiger partial charge on any atom is 0.362 e. The first-order chi connectivity index (χ1) is 7.39. The van der Waals surface area contributed by atoms with Crippen molar-refractivity contribution in [2.24, 2.45) is 0 Å². The molecular formula is C12H23F3Si. The lowest BCUT2D eigenvalue weighted by atomic mass is 9.94. The van der Waals surface area contributed by atoms with E-state index in [-0.39, 0.29) is 5.04 Å². The van der Waals surface area contributed by atoms with Crippen LogP contribution in [0.1, 0.15) is 52.9 Å². The summed E-state index contributed by atoms with van der Waals surface area (Å²) in [5, 5.41) is -0.377. The van der Waals surface area contributed by atoms with Gasteiger partial charge in [0.15, 0.2) is 8.07 Å². The lowest BCUT2D eigenvalue weighted by Crippen LogP contribution is -2.60. The first-order valence-electron chi connectivity index (χ1n) is 6.46. The Morgan fingerprint density at radius 2 is 1.62 bits per heavy atom. The Labute approximate surface area is 97.6 Å². The highest BCUT2D eigenvalue weighted by Gasteiger charge is 2.66. The van der Waals surface area contributed by atoms with Gasteiger partial charge >= 0.3 is 5.80 Å². The fourth-order valence-corrected chi connectivity index (χ4v) is 9.65. The summed E-state index contributed by atoms with van der Waals surface area (Å²) < 4.78 is 40.6. The second-order valence-corrected chi connectivity index (χ2v) is 10.1. The predicted molar refractivity (Wildman–Crippen MR) is 64.2 cm³/mol. The van der Waals surface area contributed by atoms with Crippen LogP contribution >= 0.6 is 0 Å². The van der Waals surface area contributed by atoms with Gasteiger partial charge in [-0.1, -0.05) is 52.5 Å². The van der Waals surface area contributed by atoms with E-state index < -0.39 is 13.9 Å². The van der Waals surface area contributed by atoms with Gasteiger partial charge in [-0.05, 0) is 17.5 Å². The Hall–Kier alpha value is 0.00688. The first-order valence-corrected chi connectivity index (χ1v) is 8.87. The molecule has 1 atom stereocenters. The van der Waals surface area contributed by atoms with Crippen LogP contribution in [0.4, 0.5) is 13.2 Å². The molecule has 0 aromatic rings. The van der Waals surface area contributed by atoms with E-state index in [2.05, 4.69) is 0 Å². The van der Waals surface area contributed by atoms with Gasteiger partial charge in [-0.25, -0.2) is 0 Å². The van der Waals surface area contributed by atoms with Crippen LogP contribution in [-0.2, 0) is 0 Å². The van der Waals surface area contributed by atoms with Gasteiger partial charge in [0.25, 0.3) is 0 Å². The summed E-state index contributed by atoms with van der Waals surface area (Å²) in [6.45, 7) is 5.68. The van der Waals surface area contributed by atoms with Gasteiger partial charge < -0.3 is 0 Å². The van der Waals surface area contributed by atoms with Crippen molar-refractivity contribution in [1.29, 1.82) is 0 Å². The lowest BCUT2D eigenvalue weighted by Gasteiger charge is -2.52. The Morgan fingerprint density at radius 1 is 1.06 bits per heavy atom. The monoisotopic (exact) mass is 252 g/mol. The predicted octanol–water partition coefficient (Wildman–Crippen LogP) is 5.30.